The van der Waals surface area contributed by atoms with Crippen LogP contribution in [0.15, 0.2) is 60.9 Å². The first kappa shape index (κ1) is 24.7. The lowest BCUT2D eigenvalue weighted by atomic mass is 9.99. The summed E-state index contributed by atoms with van der Waals surface area (Å²) < 4.78 is 29.4. The van der Waals surface area contributed by atoms with Crippen molar-refractivity contribution in [2.24, 2.45) is 0 Å². The number of rotatable bonds is 11. The number of aromatic nitrogens is 6. The molecule has 1 aliphatic rings. The summed E-state index contributed by atoms with van der Waals surface area (Å²) in [6, 6.07) is 12.2. The topological polar surface area (TPSA) is 134 Å². The third-order valence-electron chi connectivity index (χ3n) is 6.47. The maximum absolute atomic E-state index is 13.8. The molecule has 0 radical (unpaired) electrons. The van der Waals surface area contributed by atoms with Crippen LogP contribution < -0.4 is 10.6 Å². The molecule has 10 nitrogen and oxygen atoms in total. The summed E-state index contributed by atoms with van der Waals surface area (Å²) in [6.45, 7) is 0.151. The highest BCUT2D eigenvalue weighted by Gasteiger charge is 2.44. The van der Waals surface area contributed by atoms with Crippen molar-refractivity contribution in [1.29, 1.82) is 0 Å². The zero-order chi connectivity index (χ0) is 25.8. The molecule has 0 aliphatic heterocycles. The second kappa shape index (κ2) is 10.5. The van der Waals surface area contributed by atoms with E-state index < -0.39 is 29.7 Å². The number of nitrogens with one attached hydrogen (secondary N) is 3. The summed E-state index contributed by atoms with van der Waals surface area (Å²) in [5.41, 5.74) is 2.00. The van der Waals surface area contributed by atoms with E-state index in [0.29, 0.717) is 5.56 Å². The van der Waals surface area contributed by atoms with Crippen LogP contribution in [0.25, 0.3) is 5.69 Å². The van der Waals surface area contributed by atoms with E-state index in [1.807, 2.05) is 30.5 Å². The summed E-state index contributed by atoms with van der Waals surface area (Å²) in [6.07, 6.45) is 4.19. The number of amides is 1. The number of aliphatic hydroxyl groups is 1. The lowest BCUT2D eigenvalue weighted by Crippen LogP contribution is -2.50. The van der Waals surface area contributed by atoms with Gasteiger partial charge in [0.15, 0.2) is 5.82 Å². The number of hydrogen-bond acceptors (Lipinski definition) is 7. The average molecular weight is 509 g/mol. The van der Waals surface area contributed by atoms with E-state index in [-0.39, 0.29) is 30.7 Å². The van der Waals surface area contributed by atoms with Crippen LogP contribution >= 0.6 is 0 Å². The normalized spacial score (nSPS) is 15.8. The van der Waals surface area contributed by atoms with Gasteiger partial charge in [0, 0.05) is 30.5 Å². The third-order valence-corrected chi connectivity index (χ3v) is 6.47. The predicted molar refractivity (Wildman–Crippen MR) is 128 cm³/mol. The van der Waals surface area contributed by atoms with Crippen LogP contribution in [0.2, 0.25) is 0 Å². The van der Waals surface area contributed by atoms with Crippen molar-refractivity contribution in [1.82, 2.24) is 41.0 Å². The Morgan fingerprint density at radius 1 is 1.16 bits per heavy atom. The highest BCUT2D eigenvalue weighted by molar-refractivity contribution is 5.78. The molecule has 2 heterocycles. The molecular weight excluding hydrogens is 482 g/mol. The molecule has 0 bridgehead atoms. The Morgan fingerprint density at radius 3 is 2.65 bits per heavy atom. The zero-order valence-corrected chi connectivity index (χ0v) is 19.8. The van der Waals surface area contributed by atoms with Gasteiger partial charge in [0.2, 0.25) is 5.91 Å². The number of aliphatic hydroxyl groups excluding tert-OH is 1. The van der Waals surface area contributed by atoms with Crippen molar-refractivity contribution >= 4 is 5.91 Å². The van der Waals surface area contributed by atoms with Gasteiger partial charge in [-0.1, -0.05) is 12.1 Å². The van der Waals surface area contributed by atoms with Gasteiger partial charge in [0.1, 0.15) is 11.6 Å². The second-order valence-electron chi connectivity index (χ2n) is 9.21. The summed E-state index contributed by atoms with van der Waals surface area (Å²) in [5.74, 6) is -1.63. The molecule has 2 aromatic carbocycles. The first-order valence-corrected chi connectivity index (χ1v) is 11.9. The Morgan fingerprint density at radius 2 is 1.97 bits per heavy atom. The predicted octanol–water partition coefficient (Wildman–Crippen LogP) is 1.57. The van der Waals surface area contributed by atoms with Crippen LogP contribution in [0.5, 0.6) is 0 Å². The minimum absolute atomic E-state index is 0.0275. The lowest BCUT2D eigenvalue weighted by molar-refractivity contribution is -0.122. The van der Waals surface area contributed by atoms with E-state index in [1.165, 1.54) is 12.1 Å². The van der Waals surface area contributed by atoms with E-state index >= 15 is 0 Å². The number of tetrazole rings is 1. The fourth-order valence-corrected chi connectivity index (χ4v) is 4.43. The Hall–Kier alpha value is -4.03. The molecule has 1 saturated carbocycles. The summed E-state index contributed by atoms with van der Waals surface area (Å²) in [5, 5.41) is 34.7. The summed E-state index contributed by atoms with van der Waals surface area (Å²) in [7, 11) is 0. The van der Waals surface area contributed by atoms with Gasteiger partial charge in [-0.2, -0.15) is 5.10 Å². The highest BCUT2D eigenvalue weighted by atomic mass is 19.1. The number of hydrogen-bond donors (Lipinski definition) is 4. The molecule has 2 aromatic heterocycles. The van der Waals surface area contributed by atoms with Gasteiger partial charge in [-0.25, -0.2) is 18.6 Å². The number of carbonyl (C=O) groups is 1. The molecule has 1 fully saturated rings. The van der Waals surface area contributed by atoms with E-state index in [9.17, 15) is 18.7 Å². The SMILES string of the molecule is O=C(Cc1nnn[nH]1)NC(Cc1cc(F)cc(F)c1)C(O)CNC1(c2cccc(-n3cccn3)c2)CC1. The Bertz CT molecular complexity index is 1320. The minimum atomic E-state index is -1.05. The van der Waals surface area contributed by atoms with Crippen molar-refractivity contribution in [2.45, 2.75) is 43.4 Å². The first-order chi connectivity index (χ1) is 17.9. The van der Waals surface area contributed by atoms with E-state index in [0.717, 1.165) is 30.2 Å². The van der Waals surface area contributed by atoms with Gasteiger partial charge in [0.25, 0.3) is 0 Å². The van der Waals surface area contributed by atoms with Crippen LogP contribution in [-0.2, 0) is 23.2 Å². The monoisotopic (exact) mass is 508 g/mol. The van der Waals surface area contributed by atoms with Crippen LogP contribution in [0.4, 0.5) is 8.78 Å². The van der Waals surface area contributed by atoms with Crippen LogP contribution in [-0.4, -0.2) is 60.1 Å². The van der Waals surface area contributed by atoms with Crippen molar-refractivity contribution in [3.63, 3.8) is 0 Å². The molecule has 5 rings (SSSR count). The zero-order valence-electron chi connectivity index (χ0n) is 19.8. The van der Waals surface area contributed by atoms with Gasteiger partial charge in [0.05, 0.1) is 24.3 Å². The average Bonchev–Trinajstić information content (AvgIpc) is 3.21. The van der Waals surface area contributed by atoms with Crippen molar-refractivity contribution in [3.8, 4) is 5.69 Å². The minimum Gasteiger partial charge on any atom is -0.390 e. The second-order valence-corrected chi connectivity index (χ2v) is 9.21. The van der Waals surface area contributed by atoms with E-state index in [2.05, 4.69) is 42.4 Å². The van der Waals surface area contributed by atoms with E-state index in [4.69, 9.17) is 0 Å². The number of aromatic amines is 1. The maximum atomic E-state index is 13.8. The molecule has 192 valence electrons. The molecule has 2 unspecified atom stereocenters. The van der Waals surface area contributed by atoms with Gasteiger partial charge in [-0.15, -0.1) is 5.10 Å². The van der Waals surface area contributed by atoms with Crippen molar-refractivity contribution in [2.75, 3.05) is 6.54 Å². The van der Waals surface area contributed by atoms with Gasteiger partial charge in [-0.3, -0.25) is 4.79 Å². The van der Waals surface area contributed by atoms with Crippen molar-refractivity contribution in [3.05, 3.63) is 89.5 Å². The molecule has 0 spiro atoms. The Labute approximate surface area is 211 Å². The Kier molecular flexibility index (Phi) is 7.01. The van der Waals surface area contributed by atoms with E-state index in [1.54, 1.807) is 10.9 Å². The number of halogens is 2. The molecule has 1 amide bonds. The molecule has 2 atom stereocenters. The first-order valence-electron chi connectivity index (χ1n) is 11.9. The van der Waals surface area contributed by atoms with Crippen LogP contribution in [0.1, 0.15) is 29.8 Å². The highest BCUT2D eigenvalue weighted by Crippen LogP contribution is 2.45. The fourth-order valence-electron chi connectivity index (χ4n) is 4.43. The molecule has 1 aliphatic carbocycles. The molecule has 12 heteroatoms. The number of H-pyrrole nitrogens is 1. The lowest BCUT2D eigenvalue weighted by Gasteiger charge is -2.27. The largest absolute Gasteiger partial charge is 0.390 e. The molecule has 0 saturated heterocycles. The quantitative estimate of drug-likeness (QED) is 0.242. The number of nitrogens with zero attached hydrogens (tertiary/aromatic N) is 5. The van der Waals surface area contributed by atoms with Gasteiger partial charge in [-0.05, 0) is 71.1 Å². The van der Waals surface area contributed by atoms with Gasteiger partial charge >= 0.3 is 0 Å². The molecule has 37 heavy (non-hydrogen) atoms. The number of benzene rings is 2. The maximum Gasteiger partial charge on any atom is 0.228 e. The smallest absolute Gasteiger partial charge is 0.228 e. The van der Waals surface area contributed by atoms with Crippen LogP contribution in [0, 0.1) is 11.6 Å². The summed E-state index contributed by atoms with van der Waals surface area (Å²) >= 11 is 0. The number of carbonyl (C=O) groups excluding carboxylic acids is 1. The summed E-state index contributed by atoms with van der Waals surface area (Å²) in [4.78, 5) is 12.6. The molecule has 4 N–H and O–H groups in total. The van der Waals surface area contributed by atoms with Crippen LogP contribution in [0.3, 0.4) is 0 Å². The molecule has 4 aromatic rings. The van der Waals surface area contributed by atoms with Gasteiger partial charge < -0.3 is 15.7 Å². The fraction of sp³-hybridized carbons (Fsp3) is 0.320. The van der Waals surface area contributed by atoms with Crippen molar-refractivity contribution < 1.29 is 18.7 Å². The standard InChI is InChI=1S/C25H26F2N8O2/c26-18-9-16(10-19(27)13-18)11-21(30-24(37)14-23-31-33-34-32-23)22(36)15-28-25(5-6-25)17-3-1-4-20(12-17)35-8-2-7-29-35/h1-4,7-10,12-13,21-22,28,36H,5-6,11,14-15H2,(H,30,37)(H,31,32,33,34). The third kappa shape index (κ3) is 6.04. The molecular formula is C25H26F2N8O2. The Balaban J connectivity index is 1.29.